The minimum Gasteiger partial charge on any atom is -0.271 e. The maximum absolute atomic E-state index is 11.2. The molecule has 6 nitrogen and oxygen atoms in total. The van der Waals surface area contributed by atoms with Crippen LogP contribution in [0.1, 0.15) is 40.3 Å². The van der Waals surface area contributed by atoms with Gasteiger partial charge in [-0.05, 0) is 69.0 Å². The average Bonchev–Trinajstić information content (AvgIpc) is 2.58. The van der Waals surface area contributed by atoms with E-state index in [9.17, 15) is 10.1 Å². The number of nitrogens with one attached hydrogen (secondary N) is 1. The number of nitro benzene ring substituents is 1. The highest BCUT2D eigenvalue weighted by Gasteiger charge is 2.15. The highest BCUT2D eigenvalue weighted by atomic mass is 16.6. The van der Waals surface area contributed by atoms with Gasteiger partial charge in [-0.25, -0.2) is 0 Å². The van der Waals surface area contributed by atoms with Crippen LogP contribution in [0.3, 0.4) is 0 Å². The predicted molar refractivity (Wildman–Crippen MR) is 99.0 cm³/mol. The third kappa shape index (κ3) is 3.66. The molecule has 0 aromatic heterocycles. The molecule has 0 radical (unpaired) electrons. The Labute approximate surface area is 147 Å². The van der Waals surface area contributed by atoms with E-state index in [2.05, 4.69) is 30.4 Å². The Kier molecular flexibility index (Phi) is 5.18. The molecule has 128 valence electrons. The molecule has 0 amide bonds. The fraction of sp³-hybridized carbons (Fsp3) is 0.263. The number of hydrogen-bond donors (Lipinski definition) is 1. The van der Waals surface area contributed by atoms with Crippen LogP contribution < -0.4 is 5.43 Å². The van der Waals surface area contributed by atoms with Crippen LogP contribution in [0.15, 0.2) is 29.4 Å². The first kappa shape index (κ1) is 18.1. The van der Waals surface area contributed by atoms with Crippen molar-refractivity contribution < 1.29 is 4.92 Å². The van der Waals surface area contributed by atoms with E-state index >= 15 is 0 Å². The van der Waals surface area contributed by atoms with Crippen LogP contribution in [0.4, 0.5) is 11.4 Å². The number of nitro groups is 1. The molecule has 0 fully saturated rings. The second-order valence-electron chi connectivity index (χ2n) is 6.05. The molecule has 0 aliphatic carbocycles. The van der Waals surface area contributed by atoms with E-state index in [4.69, 9.17) is 5.26 Å². The minimum absolute atomic E-state index is 0.176. The van der Waals surface area contributed by atoms with E-state index in [1.165, 1.54) is 29.3 Å². The van der Waals surface area contributed by atoms with Crippen LogP contribution in [0.2, 0.25) is 0 Å². The van der Waals surface area contributed by atoms with Gasteiger partial charge in [0.05, 0.1) is 22.3 Å². The van der Waals surface area contributed by atoms with Crippen molar-refractivity contribution >= 4 is 17.1 Å². The van der Waals surface area contributed by atoms with Gasteiger partial charge in [-0.1, -0.05) is 6.07 Å². The van der Waals surface area contributed by atoms with E-state index in [1.807, 2.05) is 26.8 Å². The summed E-state index contributed by atoms with van der Waals surface area (Å²) in [4.78, 5) is 10.7. The van der Waals surface area contributed by atoms with Gasteiger partial charge in [0.25, 0.3) is 5.69 Å². The molecule has 0 unspecified atom stereocenters. The summed E-state index contributed by atoms with van der Waals surface area (Å²) in [6, 6.07) is 8.29. The van der Waals surface area contributed by atoms with Gasteiger partial charge in [0.2, 0.25) is 0 Å². The fourth-order valence-corrected chi connectivity index (χ4v) is 2.81. The van der Waals surface area contributed by atoms with E-state index in [1.54, 1.807) is 0 Å². The Morgan fingerprint density at radius 1 is 1.16 bits per heavy atom. The molecule has 0 bridgehead atoms. The Hall–Kier alpha value is -3.20. The van der Waals surface area contributed by atoms with Crippen molar-refractivity contribution in [1.29, 1.82) is 5.26 Å². The summed E-state index contributed by atoms with van der Waals surface area (Å²) in [6.45, 7) is 10.1. The molecule has 0 atom stereocenters. The van der Waals surface area contributed by atoms with Crippen molar-refractivity contribution in [3.63, 3.8) is 0 Å². The number of anilines is 1. The van der Waals surface area contributed by atoms with Gasteiger partial charge in [0, 0.05) is 11.6 Å². The fourth-order valence-electron chi connectivity index (χ4n) is 2.81. The maximum atomic E-state index is 11.2. The Bertz CT molecular complexity index is 898. The molecule has 2 aromatic rings. The van der Waals surface area contributed by atoms with Crippen molar-refractivity contribution in [2.45, 2.75) is 34.6 Å². The molecular formula is C19H20N4O2. The quantitative estimate of drug-likeness (QED) is 0.504. The van der Waals surface area contributed by atoms with Crippen molar-refractivity contribution in [3.8, 4) is 6.07 Å². The van der Waals surface area contributed by atoms with Gasteiger partial charge in [0.15, 0.2) is 0 Å². The first-order valence-corrected chi connectivity index (χ1v) is 7.82. The van der Waals surface area contributed by atoms with Crippen molar-refractivity contribution in [3.05, 3.63) is 67.8 Å². The smallest absolute Gasteiger partial charge is 0.271 e. The van der Waals surface area contributed by atoms with E-state index in [0.717, 1.165) is 22.4 Å². The molecule has 0 heterocycles. The molecular weight excluding hydrogens is 316 g/mol. The van der Waals surface area contributed by atoms with Crippen molar-refractivity contribution in [1.82, 2.24) is 0 Å². The highest BCUT2D eigenvalue weighted by molar-refractivity contribution is 6.02. The number of nitrogens with zero attached hydrogens (tertiary/aromatic N) is 3. The molecule has 0 aliphatic heterocycles. The summed E-state index contributed by atoms with van der Waals surface area (Å²) in [7, 11) is 0. The number of nitriles is 1. The molecule has 2 aromatic carbocycles. The largest absolute Gasteiger partial charge is 0.295 e. The molecule has 0 saturated carbocycles. The number of rotatable bonds is 4. The SMILES string of the molecule is C/C(=N/Nc1ccc(C#N)cc1[N+](=O)[O-])c1c(C)c(C)cc(C)c1C. The lowest BCUT2D eigenvalue weighted by molar-refractivity contribution is -0.384. The molecule has 2 rings (SSSR count). The van der Waals surface area contributed by atoms with E-state index in [-0.39, 0.29) is 16.9 Å². The Morgan fingerprint density at radius 2 is 1.76 bits per heavy atom. The maximum Gasteiger partial charge on any atom is 0.295 e. The summed E-state index contributed by atoms with van der Waals surface area (Å²) in [5.74, 6) is 0. The van der Waals surface area contributed by atoms with Crippen molar-refractivity contribution in [2.75, 3.05) is 5.43 Å². The topological polar surface area (TPSA) is 91.3 Å². The van der Waals surface area contributed by atoms with Crippen molar-refractivity contribution in [2.24, 2.45) is 5.10 Å². The van der Waals surface area contributed by atoms with E-state index < -0.39 is 4.92 Å². The average molecular weight is 336 g/mol. The third-order valence-electron chi connectivity index (χ3n) is 4.40. The summed E-state index contributed by atoms with van der Waals surface area (Å²) >= 11 is 0. The third-order valence-corrected chi connectivity index (χ3v) is 4.40. The highest BCUT2D eigenvalue weighted by Crippen LogP contribution is 2.26. The van der Waals surface area contributed by atoms with Crippen LogP contribution in [-0.4, -0.2) is 10.6 Å². The monoisotopic (exact) mass is 336 g/mol. The summed E-state index contributed by atoms with van der Waals surface area (Å²) in [6.07, 6.45) is 0. The van der Waals surface area contributed by atoms with Crippen LogP contribution in [0, 0.1) is 49.1 Å². The van der Waals surface area contributed by atoms with Gasteiger partial charge in [-0.3, -0.25) is 15.5 Å². The second kappa shape index (κ2) is 7.14. The lowest BCUT2D eigenvalue weighted by Gasteiger charge is -2.15. The van der Waals surface area contributed by atoms with Crippen LogP contribution in [0.25, 0.3) is 0 Å². The predicted octanol–water partition coefficient (Wildman–Crippen LogP) is 4.54. The Morgan fingerprint density at radius 3 is 2.28 bits per heavy atom. The zero-order valence-electron chi connectivity index (χ0n) is 15.0. The van der Waals surface area contributed by atoms with Crippen LogP contribution in [0.5, 0.6) is 0 Å². The minimum atomic E-state index is -0.526. The molecule has 0 aliphatic rings. The number of hydrazone groups is 1. The molecule has 6 heteroatoms. The van der Waals surface area contributed by atoms with Gasteiger partial charge in [0.1, 0.15) is 5.69 Å². The van der Waals surface area contributed by atoms with Gasteiger partial charge < -0.3 is 0 Å². The van der Waals surface area contributed by atoms with Crippen LogP contribution >= 0.6 is 0 Å². The number of hydrogen-bond acceptors (Lipinski definition) is 5. The summed E-state index contributed by atoms with van der Waals surface area (Å²) in [5, 5.41) is 24.5. The zero-order chi connectivity index (χ0) is 18.7. The zero-order valence-corrected chi connectivity index (χ0v) is 15.0. The first-order chi connectivity index (χ1) is 11.8. The molecule has 0 spiro atoms. The van der Waals surface area contributed by atoms with Crippen LogP contribution in [-0.2, 0) is 0 Å². The van der Waals surface area contributed by atoms with Gasteiger partial charge in [-0.15, -0.1) is 0 Å². The normalized spacial score (nSPS) is 11.1. The molecule has 0 saturated heterocycles. The van der Waals surface area contributed by atoms with Gasteiger partial charge >= 0.3 is 0 Å². The first-order valence-electron chi connectivity index (χ1n) is 7.82. The Balaban J connectivity index is 2.45. The van der Waals surface area contributed by atoms with Gasteiger partial charge in [-0.2, -0.15) is 10.4 Å². The number of benzene rings is 2. The lowest BCUT2D eigenvalue weighted by atomic mass is 9.92. The summed E-state index contributed by atoms with van der Waals surface area (Å²) in [5.41, 5.74) is 9.51. The summed E-state index contributed by atoms with van der Waals surface area (Å²) < 4.78 is 0. The van der Waals surface area contributed by atoms with E-state index in [0.29, 0.717) is 0 Å². The molecule has 1 N–H and O–H groups in total. The lowest BCUT2D eigenvalue weighted by Crippen LogP contribution is -2.08. The molecule has 25 heavy (non-hydrogen) atoms. The number of aryl methyl sites for hydroxylation is 2. The standard InChI is InChI=1S/C19H20N4O2/c1-11-8-12(2)14(4)19(13(11)3)15(5)21-22-17-7-6-16(10-20)9-18(17)23(24)25/h6-9,22H,1-5H3/b21-15-. The second-order valence-corrected chi connectivity index (χ2v) is 6.05.